The summed E-state index contributed by atoms with van der Waals surface area (Å²) in [6, 6.07) is 14.6. The molecule has 1 atom stereocenters. The summed E-state index contributed by atoms with van der Waals surface area (Å²) in [6.07, 6.45) is 7.97. The highest BCUT2D eigenvalue weighted by atomic mass is 79.9. The van der Waals surface area contributed by atoms with E-state index in [4.69, 9.17) is 9.72 Å². The van der Waals surface area contributed by atoms with Gasteiger partial charge in [0.05, 0.1) is 34.6 Å². The zero-order valence-electron chi connectivity index (χ0n) is 42.8. The quantitative estimate of drug-likeness (QED) is 0.0816. The lowest BCUT2D eigenvalue weighted by Gasteiger charge is -2.44. The van der Waals surface area contributed by atoms with Crippen molar-refractivity contribution in [2.45, 2.75) is 83.2 Å². The lowest BCUT2D eigenvalue weighted by molar-refractivity contribution is -0.138. The molecular formula is C54H64BrFN11O6P. The number of aromatic nitrogens is 3. The highest BCUT2D eigenvalue weighted by molar-refractivity contribution is 9.10. The number of hydrogen-bond donors (Lipinski definition) is 3. The summed E-state index contributed by atoms with van der Waals surface area (Å²) in [5.41, 5.74) is 5.42. The van der Waals surface area contributed by atoms with Crippen LogP contribution in [0, 0.1) is 11.7 Å². The first-order valence-corrected chi connectivity index (χ1v) is 29.1. The molecule has 0 spiro atoms. The van der Waals surface area contributed by atoms with Gasteiger partial charge in [-0.05, 0) is 123 Å². The van der Waals surface area contributed by atoms with E-state index in [2.05, 4.69) is 86.6 Å². The number of piperazine rings is 1. The highest BCUT2D eigenvalue weighted by Gasteiger charge is 2.49. The molecule has 3 N–H and O–H groups in total. The maximum absolute atomic E-state index is 14.7. The van der Waals surface area contributed by atoms with E-state index in [1.807, 2.05) is 26.0 Å². The fourth-order valence-electron chi connectivity index (χ4n) is 11.7. The molecular weight excluding hydrogens is 1030 g/mol. The lowest BCUT2D eigenvalue weighted by Crippen LogP contribution is -2.55. The van der Waals surface area contributed by atoms with Crippen LogP contribution in [0.25, 0.3) is 10.9 Å². The highest BCUT2D eigenvalue weighted by Crippen LogP contribution is 2.46. The monoisotopic (exact) mass is 1090 g/mol. The fourth-order valence-corrected chi connectivity index (χ4v) is 13.4. The van der Waals surface area contributed by atoms with Crippen molar-refractivity contribution in [2.24, 2.45) is 5.92 Å². The molecule has 5 aliphatic heterocycles. The predicted molar refractivity (Wildman–Crippen MR) is 291 cm³/mol. The Morgan fingerprint density at radius 2 is 1.61 bits per heavy atom. The predicted octanol–water partition coefficient (Wildman–Crippen LogP) is 7.69. The molecule has 5 aromatic rings. The number of ether oxygens (including phenoxy) is 1. The summed E-state index contributed by atoms with van der Waals surface area (Å²) in [6.45, 7) is 15.7. The third-order valence-electron chi connectivity index (χ3n) is 15.7. The fraction of sp³-hybridized carbons (Fsp3) is 0.463. The Labute approximate surface area is 439 Å². The van der Waals surface area contributed by atoms with E-state index in [-0.39, 0.29) is 35.6 Å². The summed E-state index contributed by atoms with van der Waals surface area (Å²) in [5.74, 6) is 0.240. The normalized spacial score (nSPS) is 20.0. The number of nitrogens with one attached hydrogen (secondary N) is 3. The SMILES string of the molecule is CCc1cc(Nc2ncc(Br)c(Nc3cnc4c(F)cccc4c3P(C)(C)=O)n2)c(OC)cc1N1CCC(N2CCN(C(=O)C3CCN(c4ccc5c(c4)C(C)(C)C(=O)N5C4CCC(=O)NC4=O)CC3)CC2)CC1. The summed E-state index contributed by atoms with van der Waals surface area (Å²) in [7, 11) is -1.26. The summed E-state index contributed by atoms with van der Waals surface area (Å²) >= 11 is 3.56. The topological polar surface area (TPSA) is 186 Å². The Hall–Kier alpha value is -6.17. The lowest BCUT2D eigenvalue weighted by atomic mass is 9.85. The maximum Gasteiger partial charge on any atom is 0.249 e. The van der Waals surface area contributed by atoms with E-state index in [9.17, 15) is 28.1 Å². The number of fused-ring (bicyclic) bond motifs is 2. The van der Waals surface area contributed by atoms with Gasteiger partial charge in [0.15, 0.2) is 0 Å². The first-order chi connectivity index (χ1) is 35.4. The van der Waals surface area contributed by atoms with E-state index in [1.165, 1.54) is 12.3 Å². The van der Waals surface area contributed by atoms with Crippen LogP contribution in [0.3, 0.4) is 0 Å². The number of anilines is 7. The van der Waals surface area contributed by atoms with Gasteiger partial charge in [0, 0.05) is 111 Å². The van der Waals surface area contributed by atoms with Gasteiger partial charge in [0.2, 0.25) is 29.6 Å². The van der Waals surface area contributed by atoms with Crippen LogP contribution in [0.5, 0.6) is 5.75 Å². The average molecular weight is 1090 g/mol. The van der Waals surface area contributed by atoms with E-state index in [1.54, 1.807) is 43.7 Å². The number of benzene rings is 3. The number of aryl methyl sites for hydroxylation is 1. The molecule has 390 valence electrons. The molecule has 7 heterocycles. The van der Waals surface area contributed by atoms with E-state index in [0.717, 1.165) is 113 Å². The van der Waals surface area contributed by atoms with E-state index < -0.39 is 30.3 Å². The second kappa shape index (κ2) is 20.5. The molecule has 74 heavy (non-hydrogen) atoms. The number of para-hydroxylation sites is 1. The van der Waals surface area contributed by atoms with Crippen LogP contribution in [-0.4, -0.2) is 133 Å². The van der Waals surface area contributed by atoms with Crippen LogP contribution in [0.4, 0.5) is 44.6 Å². The minimum absolute atomic E-state index is 0.0275. The molecule has 0 bridgehead atoms. The van der Waals surface area contributed by atoms with Crippen molar-refractivity contribution in [1.82, 2.24) is 30.1 Å². The van der Waals surface area contributed by atoms with Crippen molar-refractivity contribution in [3.63, 3.8) is 0 Å². The van der Waals surface area contributed by atoms with Gasteiger partial charge in [-0.25, -0.2) is 9.37 Å². The molecule has 1 unspecified atom stereocenters. The van der Waals surface area contributed by atoms with Gasteiger partial charge in [-0.15, -0.1) is 0 Å². The minimum Gasteiger partial charge on any atom is -0.494 e. The Morgan fingerprint density at radius 1 is 0.878 bits per heavy atom. The number of carbonyl (C=O) groups is 4. The van der Waals surface area contributed by atoms with Gasteiger partial charge in [-0.3, -0.25) is 39.3 Å². The third-order valence-corrected chi connectivity index (χ3v) is 17.9. The standard InChI is InChI=1S/C54H64BrFN11O6P/c1-7-32-27-40(60-53-58-30-38(55)49(62-53)59-41-31-57-47-36(9-8-10-39(47)56)48(41)74(5,6)72)45(73-4)29-44(32)65-21-17-34(18-22-65)64-23-25-66(26-24-64)51(70)33-15-19-63(20-16-33)35-11-12-42-37(28-35)54(2,3)52(71)67(42)43-13-14-46(68)61-50(43)69/h8-12,27-31,33-34,43H,7,13-26H2,1-6H3,(H,61,68,69)(H2,58,59,60,62). The van der Waals surface area contributed by atoms with Crippen molar-refractivity contribution in [3.8, 4) is 5.75 Å². The first kappa shape index (κ1) is 51.3. The average Bonchev–Trinajstić information content (AvgIpc) is 3.60. The van der Waals surface area contributed by atoms with Crippen LogP contribution >= 0.6 is 23.1 Å². The summed E-state index contributed by atoms with van der Waals surface area (Å²) in [4.78, 5) is 76.9. The zero-order valence-corrected chi connectivity index (χ0v) is 45.3. The van der Waals surface area contributed by atoms with Crippen LogP contribution < -0.4 is 40.7 Å². The number of rotatable bonds is 12. The van der Waals surface area contributed by atoms with Crippen molar-refractivity contribution in [1.29, 1.82) is 0 Å². The van der Waals surface area contributed by atoms with Gasteiger partial charge in [0.1, 0.15) is 36.1 Å². The number of hydrogen-bond acceptors (Lipinski definition) is 14. The minimum atomic E-state index is -2.91. The molecule has 4 saturated heterocycles. The van der Waals surface area contributed by atoms with E-state index >= 15 is 0 Å². The van der Waals surface area contributed by atoms with Gasteiger partial charge in [-0.2, -0.15) is 4.98 Å². The van der Waals surface area contributed by atoms with Crippen LogP contribution in [-0.2, 0) is 35.6 Å². The molecule has 4 amide bonds. The summed E-state index contributed by atoms with van der Waals surface area (Å²) < 4.78 is 34.8. The van der Waals surface area contributed by atoms with Crippen LogP contribution in [0.15, 0.2) is 65.4 Å². The molecule has 4 fully saturated rings. The van der Waals surface area contributed by atoms with Crippen LogP contribution in [0.2, 0.25) is 0 Å². The number of imide groups is 1. The van der Waals surface area contributed by atoms with Gasteiger partial charge >= 0.3 is 0 Å². The molecule has 0 aliphatic carbocycles. The first-order valence-electron chi connectivity index (χ1n) is 25.7. The van der Waals surface area contributed by atoms with Crippen LogP contribution in [0.1, 0.15) is 70.4 Å². The number of methoxy groups -OCH3 is 1. The van der Waals surface area contributed by atoms with Crippen molar-refractivity contribution in [3.05, 3.63) is 82.3 Å². The van der Waals surface area contributed by atoms with Gasteiger partial charge in [0.25, 0.3) is 0 Å². The number of halogens is 2. The van der Waals surface area contributed by atoms with Gasteiger partial charge in [-0.1, -0.05) is 19.1 Å². The number of amides is 4. The molecule has 10 rings (SSSR count). The number of pyridine rings is 1. The largest absolute Gasteiger partial charge is 0.494 e. The maximum atomic E-state index is 14.7. The molecule has 5 aliphatic rings. The van der Waals surface area contributed by atoms with E-state index in [0.29, 0.717) is 56.5 Å². The molecule has 0 saturated carbocycles. The Morgan fingerprint density at radius 3 is 2.30 bits per heavy atom. The molecule has 0 radical (unpaired) electrons. The molecule has 20 heteroatoms. The second-order valence-corrected chi connectivity index (χ2v) is 25.0. The third kappa shape index (κ3) is 9.82. The van der Waals surface area contributed by atoms with Crippen molar-refractivity contribution < 1.29 is 32.9 Å². The van der Waals surface area contributed by atoms with Crippen molar-refractivity contribution in [2.75, 3.05) is 98.1 Å². The number of carbonyl (C=O) groups excluding carboxylic acids is 4. The van der Waals surface area contributed by atoms with Crippen molar-refractivity contribution >= 4 is 103 Å². The Bertz CT molecular complexity index is 3090. The molecule has 2 aromatic heterocycles. The smallest absolute Gasteiger partial charge is 0.249 e. The second-order valence-electron chi connectivity index (χ2n) is 21.0. The molecule has 17 nitrogen and oxygen atoms in total. The number of nitrogens with zero attached hydrogens (tertiary/aromatic N) is 8. The summed E-state index contributed by atoms with van der Waals surface area (Å²) in [5, 5.41) is 10.0. The molecule has 3 aromatic carbocycles. The Balaban J connectivity index is 0.726. The Kier molecular flexibility index (Phi) is 14.2. The van der Waals surface area contributed by atoms with Gasteiger partial charge < -0.3 is 34.6 Å². The number of piperidine rings is 3. The zero-order chi connectivity index (χ0) is 52.2.